The third-order valence-corrected chi connectivity index (χ3v) is 4.78. The second-order valence-corrected chi connectivity index (χ2v) is 6.50. The van der Waals surface area contributed by atoms with Crippen molar-refractivity contribution in [2.75, 3.05) is 5.32 Å². The number of fused-ring (bicyclic) bond motifs is 2. The van der Waals surface area contributed by atoms with E-state index in [2.05, 4.69) is 10.3 Å². The summed E-state index contributed by atoms with van der Waals surface area (Å²) in [5, 5.41) is 5.35. The van der Waals surface area contributed by atoms with Gasteiger partial charge in [-0.15, -0.1) is 0 Å². The molecule has 0 spiro atoms. The highest BCUT2D eigenvalue weighted by Gasteiger charge is 2.12. The molecule has 0 aliphatic carbocycles. The van der Waals surface area contributed by atoms with E-state index in [0.717, 1.165) is 21.0 Å². The van der Waals surface area contributed by atoms with Gasteiger partial charge in [-0.3, -0.25) is 4.79 Å². The van der Waals surface area contributed by atoms with Crippen LogP contribution in [0.3, 0.4) is 0 Å². The van der Waals surface area contributed by atoms with E-state index in [1.165, 1.54) is 17.4 Å². The molecule has 0 aliphatic heterocycles. The summed E-state index contributed by atoms with van der Waals surface area (Å²) in [5.74, 6) is -0.538. The fourth-order valence-corrected chi connectivity index (χ4v) is 3.65. The van der Waals surface area contributed by atoms with Crippen molar-refractivity contribution < 1.29 is 9.18 Å². The Hall–Kier alpha value is -2.79. The summed E-state index contributed by atoms with van der Waals surface area (Å²) in [5.41, 5.74) is 1.25. The molecule has 4 rings (SSSR count). The molecule has 3 aromatic carbocycles. The third-order valence-electron chi connectivity index (χ3n) is 3.85. The molecule has 0 saturated heterocycles. The van der Waals surface area contributed by atoms with Crippen LogP contribution in [0.5, 0.6) is 0 Å². The molecule has 1 aromatic heterocycles. The number of halogens is 1. The number of benzene rings is 3. The highest BCUT2D eigenvalue weighted by Crippen LogP contribution is 2.27. The molecule has 0 atom stereocenters. The van der Waals surface area contributed by atoms with Crippen molar-refractivity contribution in [3.63, 3.8) is 0 Å². The number of thiazole rings is 1. The Morgan fingerprint density at radius 3 is 2.71 bits per heavy atom. The highest BCUT2D eigenvalue weighted by atomic mass is 32.1. The van der Waals surface area contributed by atoms with Crippen molar-refractivity contribution in [3.8, 4) is 0 Å². The minimum absolute atomic E-state index is 0.161. The number of carbonyl (C=O) groups excluding carboxylic acids is 1. The maximum atomic E-state index is 13.7. The average Bonchev–Trinajstić information content (AvgIpc) is 2.99. The Morgan fingerprint density at radius 2 is 1.83 bits per heavy atom. The molecule has 1 N–H and O–H groups in total. The molecule has 0 saturated carbocycles. The standard InChI is InChI=1S/C19H13FN2OS/c20-15-9-4-10-16-18(15)22-19(24-16)21-17(23)11-13-7-3-6-12-5-1-2-8-14(12)13/h1-10H,11H2,(H,21,22,23). The van der Waals surface area contributed by atoms with Crippen LogP contribution in [0.15, 0.2) is 60.7 Å². The number of nitrogens with zero attached hydrogens (tertiary/aromatic N) is 1. The van der Waals surface area contributed by atoms with Gasteiger partial charge < -0.3 is 5.32 Å². The van der Waals surface area contributed by atoms with Crippen molar-refractivity contribution >= 4 is 43.4 Å². The topological polar surface area (TPSA) is 42.0 Å². The molecule has 0 aliphatic rings. The van der Waals surface area contributed by atoms with Gasteiger partial charge in [0.15, 0.2) is 5.13 Å². The van der Waals surface area contributed by atoms with Gasteiger partial charge in [-0.05, 0) is 28.5 Å². The first-order valence-corrected chi connectivity index (χ1v) is 8.34. The van der Waals surface area contributed by atoms with Crippen LogP contribution in [-0.2, 0) is 11.2 Å². The molecule has 118 valence electrons. The van der Waals surface area contributed by atoms with E-state index in [4.69, 9.17) is 0 Å². The van der Waals surface area contributed by atoms with E-state index in [0.29, 0.717) is 10.6 Å². The molecule has 0 bridgehead atoms. The number of hydrogen-bond acceptors (Lipinski definition) is 3. The first-order valence-electron chi connectivity index (χ1n) is 7.52. The van der Waals surface area contributed by atoms with E-state index in [1.54, 1.807) is 12.1 Å². The number of rotatable bonds is 3. The summed E-state index contributed by atoms with van der Waals surface area (Å²) in [7, 11) is 0. The SMILES string of the molecule is O=C(Cc1cccc2ccccc12)Nc1nc2c(F)cccc2s1. The lowest BCUT2D eigenvalue weighted by Gasteiger charge is -2.06. The summed E-state index contributed by atoms with van der Waals surface area (Å²) in [6, 6.07) is 18.7. The lowest BCUT2D eigenvalue weighted by atomic mass is 10.0. The van der Waals surface area contributed by atoms with Gasteiger partial charge in [-0.2, -0.15) is 0 Å². The molecule has 0 fully saturated rings. The van der Waals surface area contributed by atoms with Crippen molar-refractivity contribution in [1.29, 1.82) is 0 Å². The summed E-state index contributed by atoms with van der Waals surface area (Å²) >= 11 is 1.27. The Morgan fingerprint density at radius 1 is 1.04 bits per heavy atom. The first kappa shape index (κ1) is 14.8. The van der Waals surface area contributed by atoms with Gasteiger partial charge in [0.05, 0.1) is 11.1 Å². The smallest absolute Gasteiger partial charge is 0.230 e. The summed E-state index contributed by atoms with van der Waals surface area (Å²) in [4.78, 5) is 16.5. The molecule has 4 aromatic rings. The lowest BCUT2D eigenvalue weighted by Crippen LogP contribution is -2.14. The zero-order chi connectivity index (χ0) is 16.5. The molecule has 24 heavy (non-hydrogen) atoms. The van der Waals surface area contributed by atoms with Gasteiger partial charge in [0.1, 0.15) is 11.3 Å². The van der Waals surface area contributed by atoms with Gasteiger partial charge in [0.2, 0.25) is 5.91 Å². The van der Waals surface area contributed by atoms with Crippen LogP contribution in [0.25, 0.3) is 21.0 Å². The molecular formula is C19H13FN2OS. The second-order valence-electron chi connectivity index (χ2n) is 5.47. The minimum atomic E-state index is -0.377. The predicted octanol–water partition coefficient (Wildman–Crippen LogP) is 4.77. The number of amides is 1. The monoisotopic (exact) mass is 336 g/mol. The van der Waals surface area contributed by atoms with Crippen LogP contribution >= 0.6 is 11.3 Å². The second kappa shape index (κ2) is 6.02. The van der Waals surface area contributed by atoms with E-state index < -0.39 is 0 Å². The Labute approximate surface area is 141 Å². The predicted molar refractivity (Wildman–Crippen MR) is 95.9 cm³/mol. The number of aromatic nitrogens is 1. The molecular weight excluding hydrogens is 323 g/mol. The number of para-hydroxylation sites is 1. The van der Waals surface area contributed by atoms with Crippen molar-refractivity contribution in [2.45, 2.75) is 6.42 Å². The van der Waals surface area contributed by atoms with Gasteiger partial charge in [-0.25, -0.2) is 9.37 Å². The largest absolute Gasteiger partial charge is 0.302 e. The molecule has 3 nitrogen and oxygen atoms in total. The molecule has 0 unspecified atom stereocenters. The number of nitrogens with one attached hydrogen (secondary N) is 1. The van der Waals surface area contributed by atoms with Crippen LogP contribution in [-0.4, -0.2) is 10.9 Å². The number of hydrogen-bond donors (Lipinski definition) is 1. The van der Waals surface area contributed by atoms with Crippen molar-refractivity contribution in [3.05, 3.63) is 72.0 Å². The number of anilines is 1. The van der Waals surface area contributed by atoms with Gasteiger partial charge >= 0.3 is 0 Å². The van der Waals surface area contributed by atoms with Gasteiger partial charge in [0, 0.05) is 0 Å². The first-order chi connectivity index (χ1) is 11.7. The molecule has 5 heteroatoms. The van der Waals surface area contributed by atoms with Crippen molar-refractivity contribution in [2.24, 2.45) is 0 Å². The highest BCUT2D eigenvalue weighted by molar-refractivity contribution is 7.22. The summed E-state index contributed by atoms with van der Waals surface area (Å²) in [6.45, 7) is 0. The Kier molecular flexibility index (Phi) is 3.70. The normalized spacial score (nSPS) is 11.0. The van der Waals surface area contributed by atoms with E-state index in [1.807, 2.05) is 42.5 Å². The Bertz CT molecular complexity index is 1050. The number of carbonyl (C=O) groups is 1. The van der Waals surface area contributed by atoms with Crippen LogP contribution in [0, 0.1) is 5.82 Å². The maximum Gasteiger partial charge on any atom is 0.230 e. The zero-order valence-electron chi connectivity index (χ0n) is 12.6. The van der Waals surface area contributed by atoms with E-state index in [-0.39, 0.29) is 18.1 Å². The molecule has 0 radical (unpaired) electrons. The average molecular weight is 336 g/mol. The maximum absolute atomic E-state index is 13.7. The van der Waals surface area contributed by atoms with E-state index >= 15 is 0 Å². The lowest BCUT2D eigenvalue weighted by molar-refractivity contribution is -0.115. The van der Waals surface area contributed by atoms with Crippen LogP contribution in [0.2, 0.25) is 0 Å². The fourth-order valence-electron chi connectivity index (χ4n) is 2.75. The molecule has 1 amide bonds. The quantitative estimate of drug-likeness (QED) is 0.585. The summed E-state index contributed by atoms with van der Waals surface area (Å²) in [6.07, 6.45) is 0.250. The van der Waals surface area contributed by atoms with Crippen LogP contribution < -0.4 is 5.32 Å². The van der Waals surface area contributed by atoms with E-state index in [9.17, 15) is 9.18 Å². The Balaban J connectivity index is 1.58. The van der Waals surface area contributed by atoms with Crippen LogP contribution in [0.1, 0.15) is 5.56 Å². The van der Waals surface area contributed by atoms with Crippen molar-refractivity contribution in [1.82, 2.24) is 4.98 Å². The van der Waals surface area contributed by atoms with Crippen LogP contribution in [0.4, 0.5) is 9.52 Å². The minimum Gasteiger partial charge on any atom is -0.302 e. The molecule has 1 heterocycles. The van der Waals surface area contributed by atoms with Gasteiger partial charge in [-0.1, -0.05) is 59.9 Å². The zero-order valence-corrected chi connectivity index (χ0v) is 13.4. The fraction of sp³-hybridized carbons (Fsp3) is 0.0526. The van der Waals surface area contributed by atoms with Gasteiger partial charge in [0.25, 0.3) is 0 Å². The summed E-state index contributed by atoms with van der Waals surface area (Å²) < 4.78 is 14.4. The third kappa shape index (κ3) is 2.74.